The Balaban J connectivity index is 1.81. The van der Waals surface area contributed by atoms with E-state index in [4.69, 9.17) is 4.74 Å². The largest absolute Gasteiger partial charge is 0.379 e. The minimum absolute atomic E-state index is 0.0474. The third kappa shape index (κ3) is 4.01. The minimum atomic E-state index is -0.176. The number of nitrogens with one attached hydrogen (secondary N) is 1. The third-order valence-electron chi connectivity index (χ3n) is 3.48. The van der Waals surface area contributed by atoms with Crippen LogP contribution in [-0.4, -0.2) is 73.4 Å². The number of nitrogens with zero attached hydrogens (tertiary/aromatic N) is 3. The molecule has 1 unspecified atom stereocenters. The average Bonchev–Trinajstić information content (AvgIpc) is 2.42. The van der Waals surface area contributed by atoms with E-state index in [9.17, 15) is 9.59 Å². The number of hydrogen-bond acceptors (Lipinski definition) is 5. The van der Waals surface area contributed by atoms with Gasteiger partial charge in [0.15, 0.2) is 0 Å². The first-order valence-corrected chi connectivity index (χ1v) is 7.01. The molecular weight excluding hydrogens is 260 g/mol. The van der Waals surface area contributed by atoms with Crippen LogP contribution in [0, 0.1) is 0 Å². The SMILES string of the molecule is CC(CN1CCOCC1)NC(=O)C1=NN(C)C(=O)CC1. The summed E-state index contributed by atoms with van der Waals surface area (Å²) in [7, 11) is 1.58. The first-order valence-electron chi connectivity index (χ1n) is 7.01. The van der Waals surface area contributed by atoms with Gasteiger partial charge in [-0.25, -0.2) is 5.01 Å². The molecule has 0 aromatic rings. The van der Waals surface area contributed by atoms with Crippen molar-refractivity contribution in [2.45, 2.75) is 25.8 Å². The molecule has 20 heavy (non-hydrogen) atoms. The monoisotopic (exact) mass is 282 g/mol. The fraction of sp³-hybridized carbons (Fsp3) is 0.769. The lowest BCUT2D eigenvalue weighted by Gasteiger charge is -2.29. The highest BCUT2D eigenvalue weighted by Gasteiger charge is 2.23. The Morgan fingerprint density at radius 3 is 2.75 bits per heavy atom. The van der Waals surface area contributed by atoms with Crippen LogP contribution < -0.4 is 5.32 Å². The second-order valence-corrected chi connectivity index (χ2v) is 5.25. The summed E-state index contributed by atoms with van der Waals surface area (Å²) in [6.45, 7) is 6.08. The molecule has 0 aromatic carbocycles. The van der Waals surface area contributed by atoms with Gasteiger partial charge in [0, 0.05) is 45.6 Å². The molecule has 0 aromatic heterocycles. The molecule has 1 atom stereocenters. The number of hydrogen-bond donors (Lipinski definition) is 1. The summed E-state index contributed by atoms with van der Waals surface area (Å²) in [6, 6.07) is 0.0474. The van der Waals surface area contributed by atoms with Crippen LogP contribution >= 0.6 is 0 Å². The average molecular weight is 282 g/mol. The van der Waals surface area contributed by atoms with Gasteiger partial charge in [-0.3, -0.25) is 14.5 Å². The van der Waals surface area contributed by atoms with Crippen LogP contribution in [0.3, 0.4) is 0 Å². The fourth-order valence-corrected chi connectivity index (χ4v) is 2.36. The molecule has 2 amide bonds. The Bertz CT molecular complexity index is 404. The topological polar surface area (TPSA) is 74.2 Å². The summed E-state index contributed by atoms with van der Waals surface area (Å²) in [5.74, 6) is -0.229. The van der Waals surface area contributed by atoms with Crippen LogP contribution in [0.1, 0.15) is 19.8 Å². The number of carbonyl (C=O) groups excluding carboxylic acids is 2. The molecule has 0 aliphatic carbocycles. The van der Waals surface area contributed by atoms with Gasteiger partial charge in [-0.2, -0.15) is 5.10 Å². The van der Waals surface area contributed by atoms with E-state index in [1.54, 1.807) is 7.05 Å². The van der Waals surface area contributed by atoms with Gasteiger partial charge >= 0.3 is 0 Å². The minimum Gasteiger partial charge on any atom is -0.379 e. The number of hydrazone groups is 1. The molecule has 1 saturated heterocycles. The lowest BCUT2D eigenvalue weighted by atomic mass is 10.1. The first kappa shape index (κ1) is 14.9. The summed E-state index contributed by atoms with van der Waals surface area (Å²) in [5.41, 5.74) is 0.431. The first-order chi connectivity index (χ1) is 9.56. The van der Waals surface area contributed by atoms with Gasteiger partial charge in [0.2, 0.25) is 5.91 Å². The normalized spacial score (nSPS) is 22.4. The molecule has 112 valence electrons. The molecule has 1 N–H and O–H groups in total. The lowest BCUT2D eigenvalue weighted by Crippen LogP contribution is -2.48. The number of rotatable bonds is 4. The molecule has 2 aliphatic heterocycles. The van der Waals surface area contributed by atoms with Crippen molar-refractivity contribution in [2.24, 2.45) is 5.10 Å². The smallest absolute Gasteiger partial charge is 0.267 e. The van der Waals surface area contributed by atoms with Crippen molar-refractivity contribution in [3.05, 3.63) is 0 Å². The highest BCUT2D eigenvalue weighted by atomic mass is 16.5. The molecule has 0 bridgehead atoms. The van der Waals surface area contributed by atoms with Gasteiger partial charge in [0.1, 0.15) is 5.71 Å². The van der Waals surface area contributed by atoms with E-state index in [0.717, 1.165) is 32.8 Å². The van der Waals surface area contributed by atoms with Crippen molar-refractivity contribution in [1.82, 2.24) is 15.2 Å². The van der Waals surface area contributed by atoms with E-state index in [1.807, 2.05) is 6.92 Å². The number of carbonyl (C=O) groups is 2. The zero-order valence-corrected chi connectivity index (χ0v) is 12.1. The standard InChI is InChI=1S/C13H22N4O3/c1-10(9-17-5-7-20-8-6-17)14-13(19)11-3-4-12(18)16(2)15-11/h10H,3-9H2,1-2H3,(H,14,19). The maximum atomic E-state index is 12.1. The molecule has 2 aliphatic rings. The van der Waals surface area contributed by atoms with Crippen LogP contribution in [0.25, 0.3) is 0 Å². The number of ether oxygens (including phenoxy) is 1. The van der Waals surface area contributed by atoms with E-state index < -0.39 is 0 Å². The molecule has 0 spiro atoms. The fourth-order valence-electron chi connectivity index (χ4n) is 2.36. The Morgan fingerprint density at radius 1 is 1.40 bits per heavy atom. The van der Waals surface area contributed by atoms with E-state index in [-0.39, 0.29) is 17.9 Å². The predicted molar refractivity (Wildman–Crippen MR) is 74.3 cm³/mol. The maximum Gasteiger partial charge on any atom is 0.267 e. The second-order valence-electron chi connectivity index (χ2n) is 5.25. The van der Waals surface area contributed by atoms with Crippen LogP contribution in [0.4, 0.5) is 0 Å². The van der Waals surface area contributed by atoms with Crippen molar-refractivity contribution >= 4 is 17.5 Å². The zero-order chi connectivity index (χ0) is 14.5. The van der Waals surface area contributed by atoms with Gasteiger partial charge < -0.3 is 10.1 Å². The Labute approximate surface area is 118 Å². The molecular formula is C13H22N4O3. The van der Waals surface area contributed by atoms with E-state index in [2.05, 4.69) is 15.3 Å². The summed E-state index contributed by atoms with van der Waals surface area (Å²) in [6.07, 6.45) is 0.764. The quantitative estimate of drug-likeness (QED) is 0.749. The van der Waals surface area contributed by atoms with Crippen molar-refractivity contribution in [3.8, 4) is 0 Å². The van der Waals surface area contributed by atoms with Gasteiger partial charge in [-0.05, 0) is 6.92 Å². The highest BCUT2D eigenvalue weighted by molar-refractivity contribution is 6.39. The summed E-state index contributed by atoms with van der Waals surface area (Å²) >= 11 is 0. The molecule has 7 heteroatoms. The van der Waals surface area contributed by atoms with Gasteiger partial charge in [0.05, 0.1) is 13.2 Å². The number of amides is 2. The number of morpholine rings is 1. The zero-order valence-electron chi connectivity index (χ0n) is 12.1. The molecule has 7 nitrogen and oxygen atoms in total. The van der Waals surface area contributed by atoms with Crippen LogP contribution in [-0.2, 0) is 14.3 Å². The van der Waals surface area contributed by atoms with Crippen molar-refractivity contribution in [3.63, 3.8) is 0 Å². The molecule has 0 saturated carbocycles. The van der Waals surface area contributed by atoms with Crippen molar-refractivity contribution in [1.29, 1.82) is 0 Å². The molecule has 2 heterocycles. The van der Waals surface area contributed by atoms with Crippen molar-refractivity contribution < 1.29 is 14.3 Å². The third-order valence-corrected chi connectivity index (χ3v) is 3.48. The summed E-state index contributed by atoms with van der Waals surface area (Å²) in [4.78, 5) is 25.7. The van der Waals surface area contributed by atoms with Crippen LogP contribution in [0.5, 0.6) is 0 Å². The van der Waals surface area contributed by atoms with E-state index in [1.165, 1.54) is 5.01 Å². The molecule has 0 radical (unpaired) electrons. The summed E-state index contributed by atoms with van der Waals surface area (Å²) < 4.78 is 5.29. The Hall–Kier alpha value is -1.47. The van der Waals surface area contributed by atoms with E-state index in [0.29, 0.717) is 18.6 Å². The highest BCUT2D eigenvalue weighted by Crippen LogP contribution is 2.07. The molecule has 1 fully saturated rings. The predicted octanol–water partition coefficient (Wildman–Crippen LogP) is -0.568. The maximum absolute atomic E-state index is 12.1. The lowest BCUT2D eigenvalue weighted by molar-refractivity contribution is -0.130. The van der Waals surface area contributed by atoms with Gasteiger partial charge in [-0.15, -0.1) is 0 Å². The summed E-state index contributed by atoms with van der Waals surface area (Å²) in [5, 5.41) is 8.20. The van der Waals surface area contributed by atoms with Crippen molar-refractivity contribution in [2.75, 3.05) is 39.9 Å². The van der Waals surface area contributed by atoms with E-state index >= 15 is 0 Å². The van der Waals surface area contributed by atoms with Crippen LogP contribution in [0.15, 0.2) is 5.10 Å². The Kier molecular flexibility index (Phi) is 5.08. The Morgan fingerprint density at radius 2 is 2.10 bits per heavy atom. The second kappa shape index (κ2) is 6.81. The van der Waals surface area contributed by atoms with Gasteiger partial charge in [0.25, 0.3) is 5.91 Å². The molecule has 2 rings (SSSR count). The van der Waals surface area contributed by atoms with Crippen LogP contribution in [0.2, 0.25) is 0 Å². The van der Waals surface area contributed by atoms with Gasteiger partial charge in [-0.1, -0.05) is 0 Å².